The standard InChI is InChI=1S/C17H14FN3O2S/c1-2-23-16(22)14-9-12-13(20-17(19)21-15(12)24-14)8-5-10-3-6-11(18)7-4-10/h3-9H,2H2,1H3,(H2,19,20,21). The summed E-state index contributed by atoms with van der Waals surface area (Å²) in [5.74, 6) is -0.566. The SMILES string of the molecule is CCOC(=O)c1cc2c(C=Cc3ccc(F)cc3)nc(N)nc2s1. The highest BCUT2D eigenvalue weighted by molar-refractivity contribution is 7.20. The van der Waals surface area contributed by atoms with Crippen LogP contribution in [0.1, 0.15) is 27.9 Å². The molecule has 122 valence electrons. The molecule has 0 saturated heterocycles. The van der Waals surface area contributed by atoms with Crippen molar-refractivity contribution in [2.24, 2.45) is 0 Å². The lowest BCUT2D eigenvalue weighted by Gasteiger charge is -1.98. The molecule has 0 bridgehead atoms. The Morgan fingerprint density at radius 2 is 2.04 bits per heavy atom. The number of aromatic nitrogens is 2. The van der Waals surface area contributed by atoms with Gasteiger partial charge in [-0.2, -0.15) is 0 Å². The number of hydrogen-bond donors (Lipinski definition) is 1. The maximum atomic E-state index is 12.9. The number of ether oxygens (including phenoxy) is 1. The molecule has 0 radical (unpaired) electrons. The van der Waals surface area contributed by atoms with E-state index in [0.29, 0.717) is 22.0 Å². The van der Waals surface area contributed by atoms with Crippen LogP contribution >= 0.6 is 11.3 Å². The molecule has 2 heterocycles. The van der Waals surface area contributed by atoms with E-state index in [9.17, 15) is 9.18 Å². The second kappa shape index (κ2) is 6.76. The molecule has 0 unspecified atom stereocenters. The van der Waals surface area contributed by atoms with E-state index >= 15 is 0 Å². The molecule has 0 aliphatic carbocycles. The Kier molecular flexibility index (Phi) is 4.52. The normalized spacial score (nSPS) is 11.2. The van der Waals surface area contributed by atoms with Crippen LogP contribution in [0.3, 0.4) is 0 Å². The van der Waals surface area contributed by atoms with Gasteiger partial charge in [0.1, 0.15) is 15.5 Å². The van der Waals surface area contributed by atoms with Crippen LogP contribution in [0, 0.1) is 5.82 Å². The monoisotopic (exact) mass is 343 g/mol. The number of nitrogen functional groups attached to an aromatic ring is 1. The molecular weight excluding hydrogens is 329 g/mol. The summed E-state index contributed by atoms with van der Waals surface area (Å²) in [6.07, 6.45) is 3.55. The van der Waals surface area contributed by atoms with Crippen LogP contribution in [-0.2, 0) is 4.74 Å². The second-order valence-corrected chi connectivity index (χ2v) is 5.93. The van der Waals surface area contributed by atoms with Gasteiger partial charge in [0.15, 0.2) is 0 Å². The summed E-state index contributed by atoms with van der Waals surface area (Å²) in [5, 5.41) is 0.718. The van der Waals surface area contributed by atoms with Crippen molar-refractivity contribution in [1.82, 2.24) is 9.97 Å². The Morgan fingerprint density at radius 1 is 1.29 bits per heavy atom. The van der Waals surface area contributed by atoms with Crippen molar-refractivity contribution in [2.75, 3.05) is 12.3 Å². The predicted octanol–water partition coefficient (Wildman–Crippen LogP) is 3.76. The van der Waals surface area contributed by atoms with E-state index in [0.717, 1.165) is 10.9 Å². The summed E-state index contributed by atoms with van der Waals surface area (Å²) in [7, 11) is 0. The zero-order valence-corrected chi connectivity index (χ0v) is 13.6. The number of nitrogens with zero attached hydrogens (tertiary/aromatic N) is 2. The largest absolute Gasteiger partial charge is 0.462 e. The number of carbonyl (C=O) groups is 1. The summed E-state index contributed by atoms with van der Waals surface area (Å²) in [6, 6.07) is 7.78. The Balaban J connectivity index is 2.00. The van der Waals surface area contributed by atoms with Gasteiger partial charge in [0.05, 0.1) is 12.3 Å². The highest BCUT2D eigenvalue weighted by Crippen LogP contribution is 2.28. The fourth-order valence-electron chi connectivity index (χ4n) is 2.14. The first-order valence-corrected chi connectivity index (χ1v) is 8.06. The number of fused-ring (bicyclic) bond motifs is 1. The van der Waals surface area contributed by atoms with Crippen molar-refractivity contribution in [1.29, 1.82) is 0 Å². The second-order valence-electron chi connectivity index (χ2n) is 4.90. The molecule has 0 atom stereocenters. The van der Waals surface area contributed by atoms with Gasteiger partial charge in [-0.3, -0.25) is 0 Å². The van der Waals surface area contributed by atoms with Crippen molar-refractivity contribution in [3.05, 3.63) is 52.3 Å². The minimum absolute atomic E-state index is 0.124. The maximum Gasteiger partial charge on any atom is 0.348 e. The van der Waals surface area contributed by atoms with Crippen molar-refractivity contribution in [3.63, 3.8) is 0 Å². The fraction of sp³-hybridized carbons (Fsp3) is 0.118. The molecule has 0 fully saturated rings. The van der Waals surface area contributed by atoms with Crippen LogP contribution in [0.15, 0.2) is 30.3 Å². The fourth-order valence-corrected chi connectivity index (χ4v) is 3.08. The number of thiophene rings is 1. The lowest BCUT2D eigenvalue weighted by atomic mass is 10.1. The topological polar surface area (TPSA) is 78.1 Å². The zero-order chi connectivity index (χ0) is 17.1. The van der Waals surface area contributed by atoms with E-state index in [1.165, 1.54) is 23.5 Å². The van der Waals surface area contributed by atoms with Gasteiger partial charge in [-0.05, 0) is 36.8 Å². The average molecular weight is 343 g/mol. The minimum Gasteiger partial charge on any atom is -0.462 e. The number of hydrogen-bond acceptors (Lipinski definition) is 6. The Morgan fingerprint density at radius 3 is 2.75 bits per heavy atom. The summed E-state index contributed by atoms with van der Waals surface area (Å²) >= 11 is 1.21. The van der Waals surface area contributed by atoms with Gasteiger partial charge in [-0.15, -0.1) is 11.3 Å². The summed E-state index contributed by atoms with van der Waals surface area (Å²) < 4.78 is 18.0. The van der Waals surface area contributed by atoms with Gasteiger partial charge < -0.3 is 10.5 Å². The molecule has 0 saturated carbocycles. The van der Waals surface area contributed by atoms with Crippen molar-refractivity contribution in [3.8, 4) is 0 Å². The number of esters is 1. The van der Waals surface area contributed by atoms with E-state index in [1.807, 2.05) is 0 Å². The number of nitrogens with two attached hydrogens (primary N) is 1. The molecule has 3 rings (SSSR count). The van der Waals surface area contributed by atoms with Gasteiger partial charge in [-0.1, -0.05) is 18.2 Å². The Labute approximate surface area is 141 Å². The molecule has 0 aliphatic rings. The predicted molar refractivity (Wildman–Crippen MR) is 93.1 cm³/mol. The van der Waals surface area contributed by atoms with E-state index in [2.05, 4.69) is 9.97 Å². The van der Waals surface area contributed by atoms with Gasteiger partial charge in [0.25, 0.3) is 0 Å². The van der Waals surface area contributed by atoms with Crippen LogP contribution in [-0.4, -0.2) is 22.5 Å². The average Bonchev–Trinajstić information content (AvgIpc) is 2.98. The maximum absolute atomic E-state index is 12.9. The van der Waals surface area contributed by atoms with Crippen LogP contribution in [0.4, 0.5) is 10.3 Å². The third-order valence-corrected chi connectivity index (χ3v) is 4.23. The number of anilines is 1. The van der Waals surface area contributed by atoms with E-state index in [1.54, 1.807) is 37.3 Å². The van der Waals surface area contributed by atoms with Crippen LogP contribution in [0.5, 0.6) is 0 Å². The lowest BCUT2D eigenvalue weighted by Crippen LogP contribution is -2.01. The van der Waals surface area contributed by atoms with Crippen LogP contribution in [0.25, 0.3) is 22.4 Å². The molecule has 0 aliphatic heterocycles. The zero-order valence-electron chi connectivity index (χ0n) is 12.8. The molecular formula is C17H14FN3O2S. The molecule has 7 heteroatoms. The first-order chi connectivity index (χ1) is 11.6. The molecule has 2 aromatic heterocycles. The first-order valence-electron chi connectivity index (χ1n) is 7.24. The molecule has 0 amide bonds. The number of carbonyl (C=O) groups excluding carboxylic acids is 1. The molecule has 24 heavy (non-hydrogen) atoms. The Hall–Kier alpha value is -2.80. The summed E-state index contributed by atoms with van der Waals surface area (Å²) in [4.78, 5) is 21.3. The molecule has 1 aromatic carbocycles. The van der Waals surface area contributed by atoms with Crippen LogP contribution < -0.4 is 5.73 Å². The Bertz CT molecular complexity index is 919. The number of benzene rings is 1. The highest BCUT2D eigenvalue weighted by Gasteiger charge is 2.15. The first kappa shape index (κ1) is 16.1. The molecule has 0 spiro atoms. The summed E-state index contributed by atoms with van der Waals surface area (Å²) in [6.45, 7) is 2.05. The van der Waals surface area contributed by atoms with Gasteiger partial charge in [0.2, 0.25) is 5.95 Å². The van der Waals surface area contributed by atoms with Crippen molar-refractivity contribution in [2.45, 2.75) is 6.92 Å². The van der Waals surface area contributed by atoms with Crippen LogP contribution in [0.2, 0.25) is 0 Å². The van der Waals surface area contributed by atoms with Gasteiger partial charge in [0, 0.05) is 5.39 Å². The van der Waals surface area contributed by atoms with Gasteiger partial charge >= 0.3 is 5.97 Å². The minimum atomic E-state index is -0.396. The molecule has 5 nitrogen and oxygen atoms in total. The highest BCUT2D eigenvalue weighted by atomic mass is 32.1. The van der Waals surface area contributed by atoms with Crippen molar-refractivity contribution >= 4 is 45.6 Å². The molecule has 2 N–H and O–H groups in total. The smallest absolute Gasteiger partial charge is 0.348 e. The lowest BCUT2D eigenvalue weighted by molar-refractivity contribution is 0.0532. The third kappa shape index (κ3) is 3.41. The van der Waals surface area contributed by atoms with E-state index in [4.69, 9.17) is 10.5 Å². The number of rotatable bonds is 4. The number of halogens is 1. The quantitative estimate of drug-likeness (QED) is 0.730. The van der Waals surface area contributed by atoms with E-state index < -0.39 is 5.97 Å². The third-order valence-electron chi connectivity index (χ3n) is 3.22. The van der Waals surface area contributed by atoms with Crippen molar-refractivity contribution < 1.29 is 13.9 Å². The van der Waals surface area contributed by atoms with Gasteiger partial charge in [-0.25, -0.2) is 19.2 Å². The van der Waals surface area contributed by atoms with E-state index in [-0.39, 0.29) is 11.8 Å². The summed E-state index contributed by atoms with van der Waals surface area (Å²) in [5.41, 5.74) is 7.16. The molecule has 3 aromatic rings.